The highest BCUT2D eigenvalue weighted by Crippen LogP contribution is 2.35. The van der Waals surface area contributed by atoms with E-state index in [0.717, 1.165) is 24.8 Å². The van der Waals surface area contributed by atoms with Crippen LogP contribution in [0.4, 0.5) is 0 Å². The summed E-state index contributed by atoms with van der Waals surface area (Å²) >= 11 is 0. The van der Waals surface area contributed by atoms with Crippen molar-refractivity contribution < 1.29 is 13.9 Å². The number of carbonyl (C=O) groups is 1. The highest BCUT2D eigenvalue weighted by molar-refractivity contribution is 5.79. The number of carbonyl (C=O) groups excluding carboxylic acids is 1. The van der Waals surface area contributed by atoms with Crippen molar-refractivity contribution in [2.75, 3.05) is 13.2 Å². The summed E-state index contributed by atoms with van der Waals surface area (Å²) in [5.74, 6) is 1.28. The molecule has 1 aromatic heterocycles. The summed E-state index contributed by atoms with van der Waals surface area (Å²) in [5.41, 5.74) is 0.0835. The fourth-order valence-corrected chi connectivity index (χ4v) is 4.29. The van der Waals surface area contributed by atoms with Crippen LogP contribution in [0.1, 0.15) is 38.5 Å². The van der Waals surface area contributed by atoms with Crippen molar-refractivity contribution in [3.8, 4) is 5.75 Å². The summed E-state index contributed by atoms with van der Waals surface area (Å²) in [6.45, 7) is 0.877. The van der Waals surface area contributed by atoms with Crippen LogP contribution in [0.2, 0.25) is 0 Å². The van der Waals surface area contributed by atoms with E-state index in [9.17, 15) is 9.59 Å². The van der Waals surface area contributed by atoms with Gasteiger partial charge in [0.2, 0.25) is 0 Å². The maximum atomic E-state index is 12.7. The number of nitrogens with zero attached hydrogens (tertiary/aromatic N) is 1. The van der Waals surface area contributed by atoms with Crippen LogP contribution in [0, 0.1) is 5.92 Å². The number of hydrogen-bond donors (Lipinski definition) is 0. The molecule has 25 heavy (non-hydrogen) atoms. The first-order valence-electron chi connectivity index (χ1n) is 9.17. The molecule has 2 unspecified atom stereocenters. The molecule has 1 aliphatic carbocycles. The van der Waals surface area contributed by atoms with E-state index in [1.807, 2.05) is 11.0 Å². The highest BCUT2D eigenvalue weighted by atomic mass is 16.5. The van der Waals surface area contributed by atoms with Gasteiger partial charge in [-0.3, -0.25) is 4.79 Å². The van der Waals surface area contributed by atoms with Gasteiger partial charge in [-0.25, -0.2) is 4.79 Å². The van der Waals surface area contributed by atoms with Crippen molar-refractivity contribution in [2.24, 2.45) is 5.92 Å². The first-order valence-corrected chi connectivity index (χ1v) is 9.17. The van der Waals surface area contributed by atoms with Crippen LogP contribution < -0.4 is 10.4 Å². The Labute approximate surface area is 146 Å². The molecule has 0 spiro atoms. The fourth-order valence-electron chi connectivity index (χ4n) is 4.29. The van der Waals surface area contributed by atoms with Gasteiger partial charge in [-0.15, -0.1) is 0 Å². The van der Waals surface area contributed by atoms with Crippen molar-refractivity contribution in [1.82, 2.24) is 4.90 Å². The van der Waals surface area contributed by atoms with E-state index in [4.69, 9.17) is 9.15 Å². The van der Waals surface area contributed by atoms with Crippen LogP contribution in [-0.2, 0) is 4.79 Å². The number of fused-ring (bicyclic) bond motifs is 2. The molecule has 0 N–H and O–H groups in total. The van der Waals surface area contributed by atoms with E-state index in [2.05, 4.69) is 0 Å². The number of piperidine rings is 1. The average molecular weight is 341 g/mol. The van der Waals surface area contributed by atoms with E-state index in [1.165, 1.54) is 31.7 Å². The van der Waals surface area contributed by atoms with Crippen LogP contribution in [0.25, 0.3) is 11.0 Å². The second-order valence-electron chi connectivity index (χ2n) is 7.08. The number of amides is 1. The molecule has 2 heterocycles. The lowest BCUT2D eigenvalue weighted by atomic mass is 9.78. The largest absolute Gasteiger partial charge is 0.484 e. The van der Waals surface area contributed by atoms with E-state index in [0.29, 0.717) is 23.3 Å². The van der Waals surface area contributed by atoms with Gasteiger partial charge in [0.05, 0.1) is 0 Å². The standard InChI is InChI=1S/C20H23NO4/c22-19(21-11-3-5-14-4-1-2-6-17(14)21)13-24-16-9-7-15-8-10-20(23)25-18(15)12-16/h7-10,12,14,17H,1-6,11,13H2. The molecule has 2 fully saturated rings. The summed E-state index contributed by atoms with van der Waals surface area (Å²) in [7, 11) is 0. The molecule has 0 bridgehead atoms. The second kappa shape index (κ2) is 6.90. The maximum absolute atomic E-state index is 12.7. The van der Waals surface area contributed by atoms with Gasteiger partial charge in [0, 0.05) is 30.1 Å². The third-order valence-corrected chi connectivity index (χ3v) is 5.52. The summed E-state index contributed by atoms with van der Waals surface area (Å²) < 4.78 is 10.9. The summed E-state index contributed by atoms with van der Waals surface area (Å²) in [5, 5.41) is 0.833. The lowest BCUT2D eigenvalue weighted by Gasteiger charge is -2.44. The van der Waals surface area contributed by atoms with Gasteiger partial charge in [-0.05, 0) is 49.8 Å². The minimum absolute atomic E-state index is 0.0335. The first kappa shape index (κ1) is 16.2. The van der Waals surface area contributed by atoms with E-state index >= 15 is 0 Å². The maximum Gasteiger partial charge on any atom is 0.336 e. The first-order chi connectivity index (χ1) is 12.2. The number of rotatable bonds is 3. The molecule has 4 rings (SSSR count). The number of likely N-dealkylation sites (tertiary alicyclic amines) is 1. The Morgan fingerprint density at radius 1 is 1.12 bits per heavy atom. The third-order valence-electron chi connectivity index (χ3n) is 5.52. The number of ether oxygens (including phenoxy) is 1. The minimum atomic E-state index is -0.391. The molecule has 1 aliphatic heterocycles. The Kier molecular flexibility index (Phi) is 4.47. The van der Waals surface area contributed by atoms with Gasteiger partial charge in [0.15, 0.2) is 6.61 Å². The molecular formula is C20H23NO4. The quantitative estimate of drug-likeness (QED) is 0.803. The van der Waals surface area contributed by atoms with Gasteiger partial charge in [-0.2, -0.15) is 0 Å². The average Bonchev–Trinajstić information content (AvgIpc) is 2.65. The zero-order valence-electron chi connectivity index (χ0n) is 14.3. The van der Waals surface area contributed by atoms with E-state index < -0.39 is 5.63 Å². The predicted molar refractivity (Wildman–Crippen MR) is 94.7 cm³/mol. The molecule has 5 heteroatoms. The van der Waals surface area contributed by atoms with E-state index in [-0.39, 0.29) is 12.5 Å². The molecule has 1 saturated heterocycles. The Balaban J connectivity index is 1.43. The van der Waals surface area contributed by atoms with E-state index in [1.54, 1.807) is 18.2 Å². The lowest BCUT2D eigenvalue weighted by Crippen LogP contribution is -2.51. The van der Waals surface area contributed by atoms with Crippen LogP contribution in [0.15, 0.2) is 39.5 Å². The number of benzene rings is 1. The van der Waals surface area contributed by atoms with Crippen LogP contribution in [0.3, 0.4) is 0 Å². The zero-order valence-corrected chi connectivity index (χ0v) is 14.3. The fraction of sp³-hybridized carbons (Fsp3) is 0.500. The molecule has 2 atom stereocenters. The molecule has 1 aromatic carbocycles. The van der Waals surface area contributed by atoms with Crippen LogP contribution >= 0.6 is 0 Å². The second-order valence-corrected chi connectivity index (χ2v) is 7.08. The van der Waals surface area contributed by atoms with Crippen molar-refractivity contribution >= 4 is 16.9 Å². The Bertz CT molecular complexity index is 826. The predicted octanol–water partition coefficient (Wildman–Crippen LogP) is 3.35. The molecule has 2 aromatic rings. The van der Waals surface area contributed by atoms with Gasteiger partial charge in [-0.1, -0.05) is 12.8 Å². The summed E-state index contributed by atoms with van der Waals surface area (Å²) in [6, 6.07) is 8.80. The molecule has 1 saturated carbocycles. The molecule has 0 radical (unpaired) electrons. The Morgan fingerprint density at radius 3 is 2.84 bits per heavy atom. The monoisotopic (exact) mass is 341 g/mol. The van der Waals surface area contributed by atoms with Gasteiger partial charge in [0.25, 0.3) is 5.91 Å². The normalized spacial score (nSPS) is 23.3. The van der Waals surface area contributed by atoms with Gasteiger partial charge >= 0.3 is 5.63 Å². The smallest absolute Gasteiger partial charge is 0.336 e. The molecular weight excluding hydrogens is 318 g/mol. The van der Waals surface area contributed by atoms with Crippen molar-refractivity contribution in [3.63, 3.8) is 0 Å². The molecule has 2 aliphatic rings. The molecule has 5 nitrogen and oxygen atoms in total. The van der Waals surface area contributed by atoms with Crippen molar-refractivity contribution in [3.05, 3.63) is 40.8 Å². The van der Waals surface area contributed by atoms with Crippen LogP contribution in [-0.4, -0.2) is 30.0 Å². The minimum Gasteiger partial charge on any atom is -0.484 e. The topological polar surface area (TPSA) is 59.8 Å². The Hall–Kier alpha value is -2.30. The Morgan fingerprint density at radius 2 is 1.92 bits per heavy atom. The lowest BCUT2D eigenvalue weighted by molar-refractivity contribution is -0.139. The molecule has 1 amide bonds. The van der Waals surface area contributed by atoms with Crippen molar-refractivity contribution in [1.29, 1.82) is 0 Å². The van der Waals surface area contributed by atoms with Crippen molar-refractivity contribution in [2.45, 2.75) is 44.6 Å². The third kappa shape index (κ3) is 3.41. The van der Waals surface area contributed by atoms with Crippen LogP contribution in [0.5, 0.6) is 5.75 Å². The van der Waals surface area contributed by atoms with Gasteiger partial charge < -0.3 is 14.1 Å². The molecule has 132 valence electrons. The summed E-state index contributed by atoms with van der Waals surface area (Å²) in [6.07, 6.45) is 7.22. The SMILES string of the molecule is O=C(COc1ccc2ccc(=O)oc2c1)N1CCCC2CCCCC21. The highest BCUT2D eigenvalue weighted by Gasteiger charge is 2.35. The van der Waals surface area contributed by atoms with Gasteiger partial charge in [0.1, 0.15) is 11.3 Å². The summed E-state index contributed by atoms with van der Waals surface area (Å²) in [4.78, 5) is 26.0. The number of hydrogen-bond acceptors (Lipinski definition) is 4. The zero-order chi connectivity index (χ0) is 17.2.